The molecule has 0 spiro atoms. The third kappa shape index (κ3) is 5.09. The molecule has 40 heavy (non-hydrogen) atoms. The van der Waals surface area contributed by atoms with Crippen LogP contribution in [0.15, 0.2) is 60.9 Å². The van der Waals surface area contributed by atoms with E-state index in [4.69, 9.17) is 9.72 Å². The van der Waals surface area contributed by atoms with Crippen molar-refractivity contribution in [3.05, 3.63) is 89.1 Å². The van der Waals surface area contributed by atoms with E-state index in [1.54, 1.807) is 0 Å². The predicted octanol–water partition coefficient (Wildman–Crippen LogP) is 6.59. The monoisotopic (exact) mass is 576 g/mol. The van der Waals surface area contributed by atoms with Gasteiger partial charge in [0.1, 0.15) is 24.4 Å². The molecule has 0 bridgehead atoms. The largest absolute Gasteiger partial charge is 0.485 e. The number of aromatic nitrogens is 5. The quantitative estimate of drug-likeness (QED) is 0.255. The maximum Gasteiger partial charge on any atom is 0.147 e. The van der Waals surface area contributed by atoms with Crippen LogP contribution in [-0.2, 0) is 13.0 Å². The predicted molar refractivity (Wildman–Crippen MR) is 163 cm³/mol. The number of benzene rings is 2. The van der Waals surface area contributed by atoms with Gasteiger partial charge >= 0.3 is 0 Å². The van der Waals surface area contributed by atoms with Gasteiger partial charge in [-0.05, 0) is 87.5 Å². The van der Waals surface area contributed by atoms with Gasteiger partial charge in [-0.1, -0.05) is 30.3 Å². The Labute approximate surface area is 246 Å². The molecular formula is C31H34Cl2N6O. The molecule has 0 aliphatic carbocycles. The molecule has 0 radical (unpaired) electrons. The van der Waals surface area contributed by atoms with Gasteiger partial charge in [0.2, 0.25) is 0 Å². The summed E-state index contributed by atoms with van der Waals surface area (Å²) in [6.45, 7) is 7.82. The number of halogens is 2. The molecule has 9 heteroatoms. The van der Waals surface area contributed by atoms with E-state index >= 15 is 0 Å². The van der Waals surface area contributed by atoms with Crippen LogP contribution in [0.5, 0.6) is 5.75 Å². The third-order valence-corrected chi connectivity index (χ3v) is 8.15. The highest BCUT2D eigenvalue weighted by atomic mass is 35.5. The van der Waals surface area contributed by atoms with E-state index in [1.165, 1.54) is 29.4 Å². The molecule has 7 rings (SSSR count). The van der Waals surface area contributed by atoms with Crippen LogP contribution in [0.25, 0.3) is 28.0 Å². The van der Waals surface area contributed by atoms with Crippen LogP contribution in [0.2, 0.25) is 0 Å². The zero-order valence-electron chi connectivity index (χ0n) is 22.8. The Kier molecular flexibility index (Phi) is 8.17. The first-order chi connectivity index (χ1) is 18.6. The number of imidazole rings is 1. The van der Waals surface area contributed by atoms with E-state index in [2.05, 4.69) is 80.1 Å². The number of piperidine rings is 1. The summed E-state index contributed by atoms with van der Waals surface area (Å²) in [5, 5.41) is 8.66. The van der Waals surface area contributed by atoms with Crippen LogP contribution in [-0.4, -0.2) is 49.3 Å². The van der Waals surface area contributed by atoms with Gasteiger partial charge in [-0.2, -0.15) is 5.10 Å². The minimum atomic E-state index is 0. The zero-order chi connectivity index (χ0) is 25.6. The molecule has 1 saturated heterocycles. The fourth-order valence-corrected chi connectivity index (χ4v) is 6.14. The second-order valence-electron chi connectivity index (χ2n) is 10.6. The van der Waals surface area contributed by atoms with Gasteiger partial charge in [0.05, 0.1) is 28.3 Å². The standard InChI is InChI=1S/C31H32N6O.2ClH/c1-20-9-10-25-24(6-4-7-26(25)33-20)22-11-14-36(15-12-22)16-13-23-5-3-8-28-31(23)38-18-29-30(32-19-37(28)29)27-17-21(2)34-35-27;;/h3-10,17,19,22H,11-16,18H2,1-2H3,(H,34,35);2*1H. The average molecular weight is 578 g/mol. The number of hydrogen-bond acceptors (Lipinski definition) is 5. The lowest BCUT2D eigenvalue weighted by Gasteiger charge is -2.33. The van der Waals surface area contributed by atoms with Gasteiger partial charge in [0.25, 0.3) is 0 Å². The van der Waals surface area contributed by atoms with Gasteiger partial charge in [-0.25, -0.2) is 4.98 Å². The molecule has 2 aliphatic heterocycles. The lowest BCUT2D eigenvalue weighted by atomic mass is 9.87. The van der Waals surface area contributed by atoms with E-state index in [0.29, 0.717) is 12.5 Å². The number of hydrogen-bond donors (Lipinski definition) is 1. The van der Waals surface area contributed by atoms with Gasteiger partial charge in [-0.15, -0.1) is 24.8 Å². The first-order valence-electron chi connectivity index (χ1n) is 13.6. The Balaban J connectivity index is 0.00000161. The molecule has 1 N–H and O–H groups in total. The van der Waals surface area contributed by atoms with Crippen LogP contribution in [0.3, 0.4) is 0 Å². The van der Waals surface area contributed by atoms with Crippen molar-refractivity contribution < 1.29 is 4.74 Å². The summed E-state index contributed by atoms with van der Waals surface area (Å²) < 4.78 is 8.52. The van der Waals surface area contributed by atoms with Gasteiger partial charge in [0, 0.05) is 17.6 Å². The Morgan fingerprint density at radius 1 is 0.975 bits per heavy atom. The number of aromatic amines is 1. The van der Waals surface area contributed by atoms with Crippen LogP contribution in [0.4, 0.5) is 0 Å². The number of H-pyrrole nitrogens is 1. The molecule has 0 atom stereocenters. The number of para-hydroxylation sites is 1. The van der Waals surface area contributed by atoms with Crippen molar-refractivity contribution in [2.45, 2.75) is 45.6 Å². The van der Waals surface area contributed by atoms with Crippen molar-refractivity contribution >= 4 is 35.7 Å². The maximum atomic E-state index is 6.35. The summed E-state index contributed by atoms with van der Waals surface area (Å²) in [6, 6.07) is 19.5. The summed E-state index contributed by atoms with van der Waals surface area (Å²) in [7, 11) is 0. The Hall–Kier alpha value is -3.39. The van der Waals surface area contributed by atoms with Crippen LogP contribution in [0, 0.1) is 13.8 Å². The first kappa shape index (κ1) is 28.1. The van der Waals surface area contributed by atoms with E-state index in [9.17, 15) is 0 Å². The molecule has 5 heterocycles. The Bertz CT molecular complexity index is 1640. The fraction of sp³-hybridized carbons (Fsp3) is 0.323. The van der Waals surface area contributed by atoms with E-state index in [1.807, 2.05) is 19.3 Å². The molecule has 0 saturated carbocycles. The number of fused-ring (bicyclic) bond motifs is 4. The zero-order valence-corrected chi connectivity index (χ0v) is 24.4. The van der Waals surface area contributed by atoms with Crippen LogP contribution < -0.4 is 4.74 Å². The normalized spacial score (nSPS) is 15.1. The smallest absolute Gasteiger partial charge is 0.147 e. The number of pyridine rings is 1. The summed E-state index contributed by atoms with van der Waals surface area (Å²) >= 11 is 0. The second-order valence-corrected chi connectivity index (χ2v) is 10.6. The summed E-state index contributed by atoms with van der Waals surface area (Å²) in [5.74, 6) is 1.58. The lowest BCUT2D eigenvalue weighted by molar-refractivity contribution is 0.213. The highest BCUT2D eigenvalue weighted by Gasteiger charge is 2.26. The third-order valence-electron chi connectivity index (χ3n) is 8.15. The Morgan fingerprint density at radius 2 is 1.80 bits per heavy atom. The van der Waals surface area contributed by atoms with E-state index in [0.717, 1.165) is 71.5 Å². The van der Waals surface area contributed by atoms with Gasteiger partial charge in [-0.3, -0.25) is 14.6 Å². The van der Waals surface area contributed by atoms with Crippen molar-refractivity contribution in [2.75, 3.05) is 19.6 Å². The molecule has 208 valence electrons. The van der Waals surface area contributed by atoms with Crippen LogP contribution in [0.1, 0.15) is 47.0 Å². The number of rotatable bonds is 5. The minimum Gasteiger partial charge on any atom is -0.485 e. The second kappa shape index (κ2) is 11.6. The Morgan fingerprint density at radius 3 is 2.60 bits per heavy atom. The van der Waals surface area contributed by atoms with Crippen LogP contribution >= 0.6 is 24.8 Å². The number of likely N-dealkylation sites (tertiary alicyclic amines) is 1. The first-order valence-corrected chi connectivity index (χ1v) is 13.6. The van der Waals surface area contributed by atoms with E-state index in [-0.39, 0.29) is 24.8 Å². The summed E-state index contributed by atoms with van der Waals surface area (Å²) in [5.41, 5.74) is 9.82. The highest BCUT2D eigenvalue weighted by Crippen LogP contribution is 2.37. The highest BCUT2D eigenvalue weighted by molar-refractivity contribution is 5.85. The number of nitrogens with one attached hydrogen (secondary N) is 1. The van der Waals surface area contributed by atoms with Gasteiger partial charge < -0.3 is 9.64 Å². The SMILES string of the molecule is Cc1cc(-c2ncn3c2COc2c(CCN4CCC(c5cccc6nc(C)ccc56)CC4)cccc2-3)[nH]n1.Cl.Cl. The van der Waals surface area contributed by atoms with E-state index < -0.39 is 0 Å². The number of nitrogens with zero attached hydrogens (tertiary/aromatic N) is 5. The molecular weight excluding hydrogens is 543 g/mol. The molecule has 5 aromatic rings. The van der Waals surface area contributed by atoms with Crippen molar-refractivity contribution in [2.24, 2.45) is 0 Å². The molecule has 0 amide bonds. The fourth-order valence-electron chi connectivity index (χ4n) is 6.14. The molecule has 7 nitrogen and oxygen atoms in total. The molecule has 3 aromatic heterocycles. The maximum absolute atomic E-state index is 6.35. The van der Waals surface area contributed by atoms with Crippen molar-refractivity contribution in [3.8, 4) is 22.8 Å². The van der Waals surface area contributed by atoms with Crippen molar-refractivity contribution in [1.82, 2.24) is 29.6 Å². The molecule has 2 aliphatic rings. The van der Waals surface area contributed by atoms with Crippen molar-refractivity contribution in [3.63, 3.8) is 0 Å². The molecule has 2 aromatic carbocycles. The lowest BCUT2D eigenvalue weighted by Crippen LogP contribution is -2.34. The molecule has 0 unspecified atom stereocenters. The topological polar surface area (TPSA) is 71.9 Å². The summed E-state index contributed by atoms with van der Waals surface area (Å²) in [4.78, 5) is 12.0. The van der Waals surface area contributed by atoms with Crippen molar-refractivity contribution in [1.29, 1.82) is 0 Å². The van der Waals surface area contributed by atoms with Gasteiger partial charge in [0.15, 0.2) is 0 Å². The number of aryl methyl sites for hydroxylation is 2. The summed E-state index contributed by atoms with van der Waals surface area (Å²) in [6.07, 6.45) is 5.25. The number of ether oxygens (including phenoxy) is 1. The molecule has 1 fully saturated rings. The minimum absolute atomic E-state index is 0. The average Bonchev–Trinajstić information content (AvgIpc) is 3.58.